The van der Waals surface area contributed by atoms with Gasteiger partial charge in [-0.1, -0.05) is 6.07 Å². The minimum Gasteiger partial charge on any atom is -0.756 e. The molecule has 2 aliphatic rings. The molecule has 1 N–H and O–H groups in total. The van der Waals surface area contributed by atoms with Gasteiger partial charge in [0.05, 0.1) is 32.4 Å². The van der Waals surface area contributed by atoms with Crippen molar-refractivity contribution < 1.29 is 55.6 Å². The molecule has 0 saturated carbocycles. The van der Waals surface area contributed by atoms with E-state index in [0.717, 1.165) is 12.1 Å². The lowest BCUT2D eigenvalue weighted by Gasteiger charge is -2.47. The Morgan fingerprint density at radius 3 is 2.60 bits per heavy atom. The van der Waals surface area contributed by atoms with Crippen molar-refractivity contribution in [2.24, 2.45) is 0 Å². The molecule has 2 aromatic carbocycles. The quantitative estimate of drug-likeness (QED) is 0.188. The number of aryl methyl sites for hydroxylation is 1. The van der Waals surface area contributed by atoms with Crippen molar-refractivity contribution in [1.82, 2.24) is 9.47 Å². The van der Waals surface area contributed by atoms with Gasteiger partial charge in [0.15, 0.2) is 41.4 Å². The summed E-state index contributed by atoms with van der Waals surface area (Å²) in [4.78, 5) is 35.0. The van der Waals surface area contributed by atoms with Gasteiger partial charge in [0.2, 0.25) is 0 Å². The maximum absolute atomic E-state index is 14.0. The summed E-state index contributed by atoms with van der Waals surface area (Å²) in [6, 6.07) is 5.37. The molecule has 224 valence electrons. The molecule has 0 radical (unpaired) electrons. The Morgan fingerprint density at radius 1 is 1.21 bits per heavy atom. The van der Waals surface area contributed by atoms with E-state index in [-0.39, 0.29) is 24.5 Å². The number of hydrogen-bond acceptors (Lipinski definition) is 7. The lowest BCUT2D eigenvalue weighted by Crippen LogP contribution is -2.59. The molecule has 0 spiro atoms. The van der Waals surface area contributed by atoms with E-state index < -0.39 is 56.1 Å². The lowest BCUT2D eigenvalue weighted by molar-refractivity contribution is -0.596. The summed E-state index contributed by atoms with van der Waals surface area (Å²) < 4.78 is 77.4. The highest BCUT2D eigenvalue weighted by Crippen LogP contribution is 2.37. The largest absolute Gasteiger partial charge is 0.756 e. The zero-order valence-electron chi connectivity index (χ0n) is 22.7. The first kappa shape index (κ1) is 29.8. The van der Waals surface area contributed by atoms with E-state index in [1.165, 1.54) is 22.7 Å². The van der Waals surface area contributed by atoms with E-state index in [0.29, 0.717) is 22.7 Å². The fourth-order valence-corrected chi connectivity index (χ4v) is 5.29. The number of phosphoric ester groups is 1. The highest BCUT2D eigenvalue weighted by Gasteiger charge is 2.45. The molecule has 2 saturated heterocycles. The van der Waals surface area contributed by atoms with Crippen LogP contribution in [0.5, 0.6) is 5.75 Å². The minimum absolute atomic E-state index is 0.0126. The number of nitrogens with zero attached hydrogens (tertiary/aromatic N) is 3. The van der Waals surface area contributed by atoms with Crippen LogP contribution in [-0.2, 0) is 30.1 Å². The third-order valence-electron chi connectivity index (χ3n) is 7.13. The van der Waals surface area contributed by atoms with Gasteiger partial charge in [-0.2, -0.15) is 4.57 Å². The number of rotatable bonds is 7. The fourth-order valence-electron chi connectivity index (χ4n) is 5.02. The number of fused-ring (bicyclic) bond motifs is 1. The lowest BCUT2D eigenvalue weighted by atomic mass is 9.97. The summed E-state index contributed by atoms with van der Waals surface area (Å²) >= 11 is 0. The molecule has 2 aliphatic heterocycles. The van der Waals surface area contributed by atoms with Gasteiger partial charge in [-0.05, 0) is 48.4 Å². The second kappa shape index (κ2) is 11.5. The number of phosphoric acid groups is 1. The Labute approximate surface area is 238 Å². The molecular weight excluding hydrogens is 582 g/mol. The van der Waals surface area contributed by atoms with Crippen molar-refractivity contribution in [3.05, 3.63) is 82.9 Å². The Balaban J connectivity index is 1.44. The molecule has 3 heterocycles. The SMILES string of the molecule is COc1cc(C=C2O[C@@H](C)[C@H]3COC[C@@H](c4cc(F)c(F)c(F)c4)N3C2=O)ccc1-[n+]1cc(C)n(COP(=O)([O-])O)c1. The smallest absolute Gasteiger partial charge is 0.290 e. The van der Waals surface area contributed by atoms with Crippen LogP contribution in [0.25, 0.3) is 11.8 Å². The number of ether oxygens (including phenoxy) is 3. The summed E-state index contributed by atoms with van der Waals surface area (Å²) in [6.07, 6.45) is 4.23. The predicted molar refractivity (Wildman–Crippen MR) is 137 cm³/mol. The summed E-state index contributed by atoms with van der Waals surface area (Å²) in [7, 11) is -3.45. The van der Waals surface area contributed by atoms with E-state index in [1.54, 1.807) is 49.1 Å². The number of amides is 1. The van der Waals surface area contributed by atoms with Gasteiger partial charge in [-0.15, -0.1) is 0 Å². The number of methoxy groups -OCH3 is 1. The molecule has 15 heteroatoms. The normalized spacial score (nSPS) is 23.0. The third kappa shape index (κ3) is 5.94. The standard InChI is InChI=1S/C27H27F3N3O8P/c1-15-10-31(13-32(15)14-40-42(35,36)37)21-5-4-17(6-24(21)38-3)7-25-27(34)33-22(16(2)41-25)11-39-12-23(33)18-8-19(28)26(30)20(29)9-18/h4-10,13,16,22-23H,11-12,14H2,1-3H3,(H-,35,36,37)/t16-,22+,23-/m0/s1. The number of carbonyl (C=O) groups excluding carboxylic acids is 1. The Hall–Kier alpha value is -3.68. The average Bonchev–Trinajstić information content (AvgIpc) is 3.32. The number of morpholine rings is 2. The maximum atomic E-state index is 14.0. The van der Waals surface area contributed by atoms with E-state index in [1.807, 2.05) is 0 Å². The zero-order valence-corrected chi connectivity index (χ0v) is 23.6. The summed E-state index contributed by atoms with van der Waals surface area (Å²) in [5.74, 6) is -4.46. The monoisotopic (exact) mass is 609 g/mol. The van der Waals surface area contributed by atoms with Crippen LogP contribution in [0, 0.1) is 24.4 Å². The van der Waals surface area contributed by atoms with E-state index >= 15 is 0 Å². The summed E-state index contributed by atoms with van der Waals surface area (Å²) in [6.45, 7) is 3.14. The van der Waals surface area contributed by atoms with Crippen LogP contribution in [-0.4, -0.2) is 52.7 Å². The Kier molecular flexibility index (Phi) is 8.19. The fraction of sp³-hybridized carbons (Fsp3) is 0.333. The van der Waals surface area contributed by atoms with E-state index in [2.05, 4.69) is 4.52 Å². The van der Waals surface area contributed by atoms with Crippen molar-refractivity contribution in [2.75, 3.05) is 20.3 Å². The molecule has 0 aliphatic carbocycles. The van der Waals surface area contributed by atoms with Crippen molar-refractivity contribution in [1.29, 1.82) is 0 Å². The number of imidazole rings is 1. The van der Waals surface area contributed by atoms with Crippen LogP contribution in [0.3, 0.4) is 0 Å². The zero-order chi connectivity index (χ0) is 30.3. The van der Waals surface area contributed by atoms with Crippen LogP contribution >= 0.6 is 7.82 Å². The number of halogens is 3. The van der Waals surface area contributed by atoms with Gasteiger partial charge in [0.25, 0.3) is 20.1 Å². The highest BCUT2D eigenvalue weighted by molar-refractivity contribution is 7.44. The van der Waals surface area contributed by atoms with Gasteiger partial charge < -0.3 is 28.9 Å². The second-order valence-corrected chi connectivity index (χ2v) is 11.1. The van der Waals surface area contributed by atoms with Crippen molar-refractivity contribution in [3.63, 3.8) is 0 Å². The van der Waals surface area contributed by atoms with E-state index in [4.69, 9.17) is 19.1 Å². The molecule has 0 bridgehead atoms. The molecule has 1 amide bonds. The van der Waals surface area contributed by atoms with Gasteiger partial charge >= 0.3 is 0 Å². The number of benzene rings is 2. The van der Waals surface area contributed by atoms with Crippen molar-refractivity contribution in [3.8, 4) is 11.4 Å². The first-order valence-corrected chi connectivity index (χ1v) is 14.2. The topological polar surface area (TPSA) is 126 Å². The minimum atomic E-state index is -4.91. The Morgan fingerprint density at radius 2 is 1.93 bits per heavy atom. The van der Waals surface area contributed by atoms with Crippen LogP contribution in [0.4, 0.5) is 13.2 Å². The molecule has 5 rings (SSSR count). The van der Waals surface area contributed by atoms with Crippen LogP contribution in [0.15, 0.2) is 48.6 Å². The second-order valence-electron chi connectivity index (χ2n) is 9.88. The molecule has 2 fully saturated rings. The number of hydrogen-bond donors (Lipinski definition) is 1. The first-order valence-electron chi connectivity index (χ1n) is 12.7. The molecule has 42 heavy (non-hydrogen) atoms. The molecule has 3 aromatic rings. The first-order chi connectivity index (χ1) is 19.9. The molecule has 1 aromatic heterocycles. The Bertz CT molecular complexity index is 1580. The molecule has 11 nitrogen and oxygen atoms in total. The van der Waals surface area contributed by atoms with Gasteiger partial charge in [0, 0.05) is 6.92 Å². The molecule has 1 unspecified atom stereocenters. The van der Waals surface area contributed by atoms with Gasteiger partial charge in [0.1, 0.15) is 18.0 Å². The maximum Gasteiger partial charge on any atom is 0.290 e. The van der Waals surface area contributed by atoms with Gasteiger partial charge in [-0.3, -0.25) is 13.9 Å². The van der Waals surface area contributed by atoms with E-state index in [9.17, 15) is 27.4 Å². The summed E-state index contributed by atoms with van der Waals surface area (Å²) in [5.41, 5.74) is 1.81. The van der Waals surface area contributed by atoms with Crippen molar-refractivity contribution >= 4 is 19.8 Å². The highest BCUT2D eigenvalue weighted by atomic mass is 31.2. The number of aromatic nitrogens is 2. The predicted octanol–water partition coefficient (Wildman–Crippen LogP) is 2.66. The molecule has 4 atom stereocenters. The molecular formula is C27H27F3N3O8P. The average molecular weight is 609 g/mol. The van der Waals surface area contributed by atoms with Crippen molar-refractivity contribution in [2.45, 2.75) is 38.8 Å². The van der Waals surface area contributed by atoms with Crippen LogP contribution in [0.1, 0.15) is 29.8 Å². The van der Waals surface area contributed by atoms with Crippen LogP contribution in [0.2, 0.25) is 0 Å². The van der Waals surface area contributed by atoms with Gasteiger partial charge in [-0.25, -0.2) is 17.7 Å². The number of carbonyl (C=O) groups is 1. The summed E-state index contributed by atoms with van der Waals surface area (Å²) in [5, 5.41) is 0. The third-order valence-corrected chi connectivity index (χ3v) is 7.57. The van der Waals surface area contributed by atoms with Crippen LogP contribution < -0.4 is 14.2 Å².